The van der Waals surface area contributed by atoms with Gasteiger partial charge in [0.05, 0.1) is 12.1 Å². The molecule has 1 atom stereocenters. The zero-order chi connectivity index (χ0) is 26.5. The van der Waals surface area contributed by atoms with E-state index in [0.29, 0.717) is 38.4 Å². The van der Waals surface area contributed by atoms with Gasteiger partial charge in [-0.15, -0.1) is 0 Å². The van der Waals surface area contributed by atoms with Crippen LogP contribution in [-0.4, -0.2) is 90.2 Å². The molecule has 1 heterocycles. The molecule has 1 saturated carbocycles. The van der Waals surface area contributed by atoms with Gasteiger partial charge in [0.2, 0.25) is 11.7 Å². The Morgan fingerprint density at radius 1 is 1.00 bits per heavy atom. The van der Waals surface area contributed by atoms with E-state index in [0.717, 1.165) is 18.9 Å². The summed E-state index contributed by atoms with van der Waals surface area (Å²) in [7, 11) is 1.42. The molecule has 0 aromatic heterocycles. The average Bonchev–Trinajstić information content (AvgIpc) is 3.04. The number of β-amino-alcohol motifs (C(OH)–C–C–N with tert-alkyl or cyclic N) is 2. The van der Waals surface area contributed by atoms with Gasteiger partial charge in [0.1, 0.15) is 18.8 Å². The van der Waals surface area contributed by atoms with Crippen molar-refractivity contribution in [3.05, 3.63) is 65.7 Å². The van der Waals surface area contributed by atoms with Gasteiger partial charge < -0.3 is 24.6 Å². The van der Waals surface area contributed by atoms with Crippen molar-refractivity contribution < 1.29 is 33.3 Å². The van der Waals surface area contributed by atoms with Crippen molar-refractivity contribution in [2.75, 3.05) is 53.0 Å². The van der Waals surface area contributed by atoms with Crippen molar-refractivity contribution in [3.63, 3.8) is 0 Å². The predicted octanol–water partition coefficient (Wildman–Crippen LogP) is 2.95. The zero-order valence-corrected chi connectivity index (χ0v) is 21.2. The maximum Gasteiger partial charge on any atom is 0.248 e. The van der Waals surface area contributed by atoms with E-state index >= 15 is 0 Å². The molecule has 2 N–H and O–H groups in total. The minimum absolute atomic E-state index is 0.0584. The maximum atomic E-state index is 14.2. The Balaban J connectivity index is 1.45. The number of nitrogens with zero attached hydrogens (tertiary/aromatic N) is 2. The van der Waals surface area contributed by atoms with E-state index in [1.54, 1.807) is 0 Å². The van der Waals surface area contributed by atoms with Gasteiger partial charge in [-0.25, -0.2) is 4.39 Å². The Morgan fingerprint density at radius 3 is 2.43 bits per heavy atom. The van der Waals surface area contributed by atoms with Gasteiger partial charge in [-0.1, -0.05) is 36.4 Å². The first-order chi connectivity index (χ1) is 17.7. The molecule has 1 aliphatic carbocycles. The van der Waals surface area contributed by atoms with Crippen LogP contribution in [0.25, 0.3) is 0 Å². The van der Waals surface area contributed by atoms with Gasteiger partial charge in [0.25, 0.3) is 0 Å². The number of amides is 1. The quantitative estimate of drug-likeness (QED) is 0.559. The molecule has 1 unspecified atom stereocenters. The molecule has 2 aromatic carbocycles. The number of ether oxygens (including phenoxy) is 2. The highest BCUT2D eigenvalue weighted by Crippen LogP contribution is 2.38. The number of hydrogen-bond acceptors (Lipinski definition) is 6. The predicted molar refractivity (Wildman–Crippen MR) is 134 cm³/mol. The van der Waals surface area contributed by atoms with Gasteiger partial charge in [-0.2, -0.15) is 4.39 Å². The fourth-order valence-corrected chi connectivity index (χ4v) is 5.49. The average molecular weight is 519 g/mol. The fraction of sp³-hybridized carbons (Fsp3) is 0.536. The summed E-state index contributed by atoms with van der Waals surface area (Å²) in [6, 6.07) is 13.9. The molecule has 4 rings (SSSR count). The SMILES string of the molecule is COCC(=O)N1CCN(CC2(O)CCC(c3ccccc3)CC2)CC(O)(COc2cccc(F)c2F)C1. The van der Waals surface area contributed by atoms with Crippen LogP contribution in [0, 0.1) is 11.6 Å². The Labute approximate surface area is 216 Å². The number of rotatable bonds is 8. The van der Waals surface area contributed by atoms with E-state index in [1.807, 2.05) is 23.1 Å². The molecule has 0 spiro atoms. The molecule has 2 aromatic rings. The minimum Gasteiger partial charge on any atom is -0.487 e. The first-order valence-electron chi connectivity index (χ1n) is 12.8. The number of benzene rings is 2. The molecule has 0 radical (unpaired) electrons. The molecule has 1 amide bonds. The highest BCUT2D eigenvalue weighted by molar-refractivity contribution is 5.77. The number of carbonyl (C=O) groups is 1. The second kappa shape index (κ2) is 11.9. The maximum absolute atomic E-state index is 14.2. The second-order valence-electron chi connectivity index (χ2n) is 10.4. The number of halogens is 2. The van der Waals surface area contributed by atoms with E-state index in [4.69, 9.17) is 9.47 Å². The molecule has 2 fully saturated rings. The lowest BCUT2D eigenvalue weighted by atomic mass is 9.76. The molecule has 2 aliphatic rings. The number of aliphatic hydroxyl groups is 2. The van der Waals surface area contributed by atoms with Crippen molar-refractivity contribution in [1.29, 1.82) is 0 Å². The van der Waals surface area contributed by atoms with Gasteiger partial charge in [-0.05, 0) is 49.3 Å². The molecular formula is C28H36F2N2O5. The molecule has 202 valence electrons. The summed E-state index contributed by atoms with van der Waals surface area (Å²) in [5, 5.41) is 23.0. The molecule has 7 nitrogen and oxygen atoms in total. The Morgan fingerprint density at radius 2 is 1.73 bits per heavy atom. The Bertz CT molecular complexity index is 1050. The Kier molecular flexibility index (Phi) is 8.79. The smallest absolute Gasteiger partial charge is 0.248 e. The summed E-state index contributed by atoms with van der Waals surface area (Å²) in [5.41, 5.74) is -1.22. The van der Waals surface area contributed by atoms with Crippen LogP contribution in [-0.2, 0) is 9.53 Å². The van der Waals surface area contributed by atoms with Gasteiger partial charge in [0, 0.05) is 33.3 Å². The first kappa shape index (κ1) is 27.4. The second-order valence-corrected chi connectivity index (χ2v) is 10.4. The normalized spacial score (nSPS) is 27.1. The summed E-state index contributed by atoms with van der Waals surface area (Å²) < 4.78 is 38.3. The van der Waals surface area contributed by atoms with E-state index in [9.17, 15) is 23.8 Å². The highest BCUT2D eigenvalue weighted by atomic mass is 19.2. The van der Waals surface area contributed by atoms with Crippen LogP contribution in [0.4, 0.5) is 8.78 Å². The van der Waals surface area contributed by atoms with Crippen LogP contribution < -0.4 is 4.74 Å². The minimum atomic E-state index is -1.57. The lowest BCUT2D eigenvalue weighted by Crippen LogP contribution is -2.54. The standard InChI is InChI=1S/C28H36F2N2O5/c1-36-16-25(33)32-15-14-31(17-27(34)12-10-22(11-13-27)21-6-3-2-4-7-21)18-28(35,19-32)20-37-24-9-5-8-23(29)26(24)30/h2-9,22,34-35H,10-20H2,1H3. The van der Waals surface area contributed by atoms with Gasteiger partial charge in [0.15, 0.2) is 11.6 Å². The van der Waals surface area contributed by atoms with E-state index in [-0.39, 0.29) is 38.0 Å². The number of carbonyl (C=O) groups excluding carboxylic acids is 1. The van der Waals surface area contributed by atoms with Crippen LogP contribution >= 0.6 is 0 Å². The van der Waals surface area contributed by atoms with Crippen molar-refractivity contribution in [3.8, 4) is 5.75 Å². The van der Waals surface area contributed by atoms with Crippen LogP contribution in [0.1, 0.15) is 37.2 Å². The van der Waals surface area contributed by atoms with E-state index < -0.39 is 22.8 Å². The van der Waals surface area contributed by atoms with E-state index in [1.165, 1.54) is 29.7 Å². The monoisotopic (exact) mass is 518 g/mol. The van der Waals surface area contributed by atoms with Crippen LogP contribution in [0.15, 0.2) is 48.5 Å². The lowest BCUT2D eigenvalue weighted by molar-refractivity contribution is -0.138. The summed E-state index contributed by atoms with van der Waals surface area (Å²) in [5.74, 6) is -2.37. The van der Waals surface area contributed by atoms with Crippen LogP contribution in [0.5, 0.6) is 5.75 Å². The lowest BCUT2D eigenvalue weighted by Gasteiger charge is -2.40. The number of methoxy groups -OCH3 is 1. The zero-order valence-electron chi connectivity index (χ0n) is 21.2. The fourth-order valence-electron chi connectivity index (χ4n) is 5.49. The van der Waals surface area contributed by atoms with Gasteiger partial charge in [-0.3, -0.25) is 9.69 Å². The van der Waals surface area contributed by atoms with Crippen molar-refractivity contribution in [2.24, 2.45) is 0 Å². The van der Waals surface area contributed by atoms with Gasteiger partial charge >= 0.3 is 0 Å². The van der Waals surface area contributed by atoms with Crippen LogP contribution in [0.2, 0.25) is 0 Å². The highest BCUT2D eigenvalue weighted by Gasteiger charge is 2.41. The molecule has 37 heavy (non-hydrogen) atoms. The van der Waals surface area contributed by atoms with Crippen molar-refractivity contribution >= 4 is 5.91 Å². The largest absolute Gasteiger partial charge is 0.487 e. The molecular weight excluding hydrogens is 482 g/mol. The van der Waals surface area contributed by atoms with Crippen LogP contribution in [0.3, 0.4) is 0 Å². The molecule has 9 heteroatoms. The molecule has 0 bridgehead atoms. The molecule has 1 aliphatic heterocycles. The number of hydrogen-bond donors (Lipinski definition) is 2. The van der Waals surface area contributed by atoms with Crippen molar-refractivity contribution in [1.82, 2.24) is 9.80 Å². The third kappa shape index (κ3) is 7.04. The summed E-state index contributed by atoms with van der Waals surface area (Å²) in [6.07, 6.45) is 2.97. The van der Waals surface area contributed by atoms with E-state index in [2.05, 4.69) is 12.1 Å². The Hall–Kier alpha value is -2.59. The first-order valence-corrected chi connectivity index (χ1v) is 12.8. The third-order valence-corrected chi connectivity index (χ3v) is 7.43. The summed E-state index contributed by atoms with van der Waals surface area (Å²) >= 11 is 0. The summed E-state index contributed by atoms with van der Waals surface area (Å²) in [4.78, 5) is 16.0. The molecule has 1 saturated heterocycles. The topological polar surface area (TPSA) is 82.5 Å². The van der Waals surface area contributed by atoms with Crippen molar-refractivity contribution in [2.45, 2.75) is 42.8 Å². The third-order valence-electron chi connectivity index (χ3n) is 7.43. The summed E-state index contributed by atoms with van der Waals surface area (Å²) in [6.45, 7) is 0.660.